The van der Waals surface area contributed by atoms with Gasteiger partial charge in [-0.25, -0.2) is 4.98 Å². The normalized spacial score (nSPS) is 11.0. The first kappa shape index (κ1) is 13.5. The zero-order valence-electron chi connectivity index (χ0n) is 12.4. The van der Waals surface area contributed by atoms with Gasteiger partial charge in [-0.3, -0.25) is 0 Å². The fourth-order valence-electron chi connectivity index (χ4n) is 2.59. The molecule has 0 saturated heterocycles. The second kappa shape index (κ2) is 5.13. The lowest BCUT2D eigenvalue weighted by Crippen LogP contribution is -1.97. The van der Waals surface area contributed by atoms with Crippen LogP contribution in [0.2, 0.25) is 0 Å². The number of methoxy groups -OCH3 is 1. The van der Waals surface area contributed by atoms with E-state index in [-0.39, 0.29) is 5.75 Å². The number of fused-ring (bicyclic) bond motifs is 1. The number of benzene rings is 2. The first-order valence-electron chi connectivity index (χ1n) is 6.98. The predicted molar refractivity (Wildman–Crippen MR) is 83.8 cm³/mol. The molecule has 0 atom stereocenters. The Morgan fingerprint density at radius 2 is 2.00 bits per heavy atom. The van der Waals surface area contributed by atoms with E-state index < -0.39 is 0 Å². The molecule has 1 heterocycles. The van der Waals surface area contributed by atoms with Crippen molar-refractivity contribution in [1.29, 1.82) is 0 Å². The summed E-state index contributed by atoms with van der Waals surface area (Å²) in [4.78, 5) is 4.68. The highest BCUT2D eigenvalue weighted by Crippen LogP contribution is 2.32. The molecule has 21 heavy (non-hydrogen) atoms. The molecule has 3 rings (SSSR count). The minimum absolute atomic E-state index is 0.256. The van der Waals surface area contributed by atoms with E-state index in [0.717, 1.165) is 40.3 Å². The van der Waals surface area contributed by atoms with Crippen molar-refractivity contribution in [3.8, 4) is 22.9 Å². The fourth-order valence-corrected chi connectivity index (χ4v) is 2.59. The van der Waals surface area contributed by atoms with Crippen molar-refractivity contribution in [2.45, 2.75) is 20.4 Å². The molecule has 0 spiro atoms. The second-order valence-electron chi connectivity index (χ2n) is 5.05. The number of imidazole rings is 1. The van der Waals surface area contributed by atoms with Gasteiger partial charge in [0.15, 0.2) is 0 Å². The molecule has 0 unspecified atom stereocenters. The van der Waals surface area contributed by atoms with Gasteiger partial charge in [-0.15, -0.1) is 0 Å². The molecule has 0 aliphatic heterocycles. The van der Waals surface area contributed by atoms with Gasteiger partial charge in [0.25, 0.3) is 0 Å². The Morgan fingerprint density at radius 1 is 1.19 bits per heavy atom. The molecule has 0 aliphatic carbocycles. The van der Waals surface area contributed by atoms with Gasteiger partial charge in [0.2, 0.25) is 0 Å². The molecule has 108 valence electrons. The van der Waals surface area contributed by atoms with Crippen molar-refractivity contribution in [1.82, 2.24) is 9.55 Å². The summed E-state index contributed by atoms with van der Waals surface area (Å²) in [5.41, 5.74) is 3.68. The zero-order chi connectivity index (χ0) is 15.0. The molecule has 0 saturated carbocycles. The minimum atomic E-state index is 0.256. The number of hydrogen-bond donors (Lipinski definition) is 1. The third kappa shape index (κ3) is 2.23. The van der Waals surface area contributed by atoms with Gasteiger partial charge in [0.05, 0.1) is 23.7 Å². The SMILES string of the molecule is CCn1c(-c2ccc(C)cc2O)nc2cc(OC)ccc21. The number of aromatic hydroxyl groups is 1. The highest BCUT2D eigenvalue weighted by Gasteiger charge is 2.15. The number of phenols is 1. The van der Waals surface area contributed by atoms with Crippen molar-refractivity contribution in [2.24, 2.45) is 0 Å². The van der Waals surface area contributed by atoms with Crippen molar-refractivity contribution in [3.63, 3.8) is 0 Å². The average molecular weight is 282 g/mol. The van der Waals surface area contributed by atoms with Gasteiger partial charge in [-0.05, 0) is 43.7 Å². The summed E-state index contributed by atoms with van der Waals surface area (Å²) >= 11 is 0. The van der Waals surface area contributed by atoms with Crippen LogP contribution in [0.5, 0.6) is 11.5 Å². The van der Waals surface area contributed by atoms with Crippen LogP contribution in [0.4, 0.5) is 0 Å². The Balaban J connectivity index is 2.26. The summed E-state index contributed by atoms with van der Waals surface area (Å²) in [6.07, 6.45) is 0. The molecule has 0 amide bonds. The van der Waals surface area contributed by atoms with Gasteiger partial charge in [-0.1, -0.05) is 6.07 Å². The van der Waals surface area contributed by atoms with Crippen molar-refractivity contribution in [3.05, 3.63) is 42.0 Å². The number of hydrogen-bond acceptors (Lipinski definition) is 3. The van der Waals surface area contributed by atoms with Gasteiger partial charge in [-0.2, -0.15) is 0 Å². The Kier molecular flexibility index (Phi) is 3.29. The maximum atomic E-state index is 10.2. The van der Waals surface area contributed by atoms with Crippen LogP contribution in [-0.2, 0) is 6.54 Å². The third-order valence-corrected chi connectivity index (χ3v) is 3.67. The largest absolute Gasteiger partial charge is 0.507 e. The molecule has 2 aromatic carbocycles. The first-order valence-corrected chi connectivity index (χ1v) is 6.98. The van der Waals surface area contributed by atoms with E-state index in [1.165, 1.54) is 0 Å². The lowest BCUT2D eigenvalue weighted by Gasteiger charge is -2.08. The maximum Gasteiger partial charge on any atom is 0.144 e. The van der Waals surface area contributed by atoms with E-state index in [1.54, 1.807) is 13.2 Å². The predicted octanol–water partition coefficient (Wildman–Crippen LogP) is 3.75. The molecular formula is C17H18N2O2. The quantitative estimate of drug-likeness (QED) is 0.796. The molecule has 3 aromatic rings. The number of aryl methyl sites for hydroxylation is 2. The lowest BCUT2D eigenvalue weighted by atomic mass is 10.1. The van der Waals surface area contributed by atoms with Crippen LogP contribution < -0.4 is 4.74 Å². The summed E-state index contributed by atoms with van der Waals surface area (Å²) in [6.45, 7) is 4.81. The Labute approximate surface area is 123 Å². The molecule has 0 radical (unpaired) electrons. The van der Waals surface area contributed by atoms with Crippen molar-refractivity contribution >= 4 is 11.0 Å². The fraction of sp³-hybridized carbons (Fsp3) is 0.235. The molecule has 1 aromatic heterocycles. The summed E-state index contributed by atoms with van der Waals surface area (Å²) in [5, 5.41) is 10.2. The number of nitrogens with zero attached hydrogens (tertiary/aromatic N) is 2. The van der Waals surface area contributed by atoms with Gasteiger partial charge in [0, 0.05) is 12.6 Å². The molecule has 1 N–H and O–H groups in total. The van der Waals surface area contributed by atoms with Crippen LogP contribution in [0.25, 0.3) is 22.4 Å². The topological polar surface area (TPSA) is 47.3 Å². The van der Waals surface area contributed by atoms with E-state index in [1.807, 2.05) is 37.3 Å². The summed E-state index contributed by atoms with van der Waals surface area (Å²) in [6, 6.07) is 11.5. The zero-order valence-corrected chi connectivity index (χ0v) is 12.4. The molecule has 4 nitrogen and oxygen atoms in total. The van der Waals surface area contributed by atoms with E-state index in [0.29, 0.717) is 0 Å². The molecular weight excluding hydrogens is 264 g/mol. The number of ether oxygens (including phenoxy) is 1. The van der Waals surface area contributed by atoms with Gasteiger partial charge in [0.1, 0.15) is 17.3 Å². The smallest absolute Gasteiger partial charge is 0.144 e. The van der Waals surface area contributed by atoms with Crippen LogP contribution in [0.1, 0.15) is 12.5 Å². The standard InChI is InChI=1S/C17H18N2O2/c1-4-19-15-8-6-12(21-3)10-14(15)18-17(19)13-7-5-11(2)9-16(13)20/h5-10,20H,4H2,1-3H3. The Morgan fingerprint density at radius 3 is 2.67 bits per heavy atom. The van der Waals surface area contributed by atoms with Crippen LogP contribution >= 0.6 is 0 Å². The highest BCUT2D eigenvalue weighted by molar-refractivity contribution is 5.83. The maximum absolute atomic E-state index is 10.2. The minimum Gasteiger partial charge on any atom is -0.507 e. The monoisotopic (exact) mass is 282 g/mol. The number of aromatic nitrogens is 2. The average Bonchev–Trinajstić information content (AvgIpc) is 2.84. The second-order valence-corrected chi connectivity index (χ2v) is 5.05. The molecule has 4 heteroatoms. The highest BCUT2D eigenvalue weighted by atomic mass is 16.5. The van der Waals surface area contributed by atoms with Crippen LogP contribution in [0, 0.1) is 6.92 Å². The van der Waals surface area contributed by atoms with Crippen LogP contribution in [0.3, 0.4) is 0 Å². The third-order valence-electron chi connectivity index (χ3n) is 3.67. The molecule has 0 fully saturated rings. The first-order chi connectivity index (χ1) is 10.1. The van der Waals surface area contributed by atoms with E-state index in [4.69, 9.17) is 4.74 Å². The Bertz CT molecular complexity index is 806. The molecule has 0 bridgehead atoms. The van der Waals surface area contributed by atoms with Crippen molar-refractivity contribution in [2.75, 3.05) is 7.11 Å². The summed E-state index contributed by atoms with van der Waals surface area (Å²) in [5.74, 6) is 1.81. The van der Waals surface area contributed by atoms with Gasteiger partial charge >= 0.3 is 0 Å². The van der Waals surface area contributed by atoms with Gasteiger partial charge < -0.3 is 14.4 Å². The van der Waals surface area contributed by atoms with E-state index in [2.05, 4.69) is 16.5 Å². The Hall–Kier alpha value is -2.49. The number of phenolic OH excluding ortho intramolecular Hbond substituents is 1. The number of rotatable bonds is 3. The summed E-state index contributed by atoms with van der Waals surface area (Å²) in [7, 11) is 1.64. The lowest BCUT2D eigenvalue weighted by molar-refractivity contribution is 0.415. The van der Waals surface area contributed by atoms with Crippen molar-refractivity contribution < 1.29 is 9.84 Å². The van der Waals surface area contributed by atoms with Crippen LogP contribution in [0.15, 0.2) is 36.4 Å². The van der Waals surface area contributed by atoms with Crippen LogP contribution in [-0.4, -0.2) is 21.8 Å². The molecule has 0 aliphatic rings. The van der Waals surface area contributed by atoms with E-state index in [9.17, 15) is 5.11 Å². The van der Waals surface area contributed by atoms with E-state index >= 15 is 0 Å². The summed E-state index contributed by atoms with van der Waals surface area (Å²) < 4.78 is 7.35.